The molecule has 0 aliphatic heterocycles. The molecule has 4 aromatic rings. The van der Waals surface area contributed by atoms with Gasteiger partial charge in [-0.05, 0) is 18.1 Å². The van der Waals surface area contributed by atoms with Crippen LogP contribution in [0.15, 0.2) is 58.3 Å². The molecule has 7 nitrogen and oxygen atoms in total. The molecule has 1 N–H and O–H groups in total. The number of benzene rings is 1. The Kier molecular flexibility index (Phi) is 5.03. The second-order valence-corrected chi connectivity index (χ2v) is 7.31. The summed E-state index contributed by atoms with van der Waals surface area (Å²) in [5.74, 6) is 0.268. The Morgan fingerprint density at radius 3 is 2.75 bits per heavy atom. The molecule has 0 aliphatic carbocycles. The fraction of sp³-hybridized carbons (Fsp3) is 0.200. The molecule has 0 fully saturated rings. The van der Waals surface area contributed by atoms with Gasteiger partial charge in [0.1, 0.15) is 0 Å². The lowest BCUT2D eigenvalue weighted by atomic mass is 10.2. The Balaban J connectivity index is 1.65. The SMILES string of the molecule is CCCOc1c[nH]c(Cn2nnc3sc(-c4ccccc4)cc3c2=O)cc1=O. The van der Waals surface area contributed by atoms with E-state index < -0.39 is 0 Å². The van der Waals surface area contributed by atoms with E-state index in [2.05, 4.69) is 15.3 Å². The highest BCUT2D eigenvalue weighted by Crippen LogP contribution is 2.30. The largest absolute Gasteiger partial charge is 0.488 e. The van der Waals surface area contributed by atoms with Gasteiger partial charge in [0.05, 0.1) is 18.5 Å². The Morgan fingerprint density at radius 2 is 2.00 bits per heavy atom. The number of aromatic amines is 1. The molecule has 0 spiro atoms. The second kappa shape index (κ2) is 7.77. The number of pyridine rings is 1. The van der Waals surface area contributed by atoms with E-state index in [-0.39, 0.29) is 23.3 Å². The molecular weight excluding hydrogens is 376 g/mol. The van der Waals surface area contributed by atoms with Crippen molar-refractivity contribution in [3.05, 3.63) is 74.9 Å². The molecule has 1 aromatic carbocycles. The Hall–Kier alpha value is -3.26. The van der Waals surface area contributed by atoms with Gasteiger partial charge in [-0.2, -0.15) is 0 Å². The summed E-state index contributed by atoms with van der Waals surface area (Å²) in [7, 11) is 0. The second-order valence-electron chi connectivity index (χ2n) is 6.28. The fourth-order valence-corrected chi connectivity index (χ4v) is 3.78. The van der Waals surface area contributed by atoms with Gasteiger partial charge in [0.25, 0.3) is 5.56 Å². The number of nitrogens with one attached hydrogen (secondary N) is 1. The average Bonchev–Trinajstić information content (AvgIpc) is 3.15. The number of thiophene rings is 1. The third-order valence-electron chi connectivity index (χ3n) is 4.20. The molecular formula is C20H18N4O3S. The molecule has 0 unspecified atom stereocenters. The summed E-state index contributed by atoms with van der Waals surface area (Å²) in [4.78, 5) is 29.5. The normalized spacial score (nSPS) is 11.0. The van der Waals surface area contributed by atoms with E-state index in [4.69, 9.17) is 4.74 Å². The Bertz CT molecular complexity index is 1230. The minimum absolute atomic E-state index is 0.127. The molecule has 8 heteroatoms. The van der Waals surface area contributed by atoms with Crippen LogP contribution in [0.2, 0.25) is 0 Å². The number of hydrogen-bond donors (Lipinski definition) is 1. The lowest BCUT2D eigenvalue weighted by molar-refractivity contribution is 0.313. The summed E-state index contributed by atoms with van der Waals surface area (Å²) in [6, 6.07) is 13.1. The van der Waals surface area contributed by atoms with Gasteiger partial charge in [0, 0.05) is 22.8 Å². The number of ether oxygens (including phenoxy) is 1. The van der Waals surface area contributed by atoms with Crippen LogP contribution in [0.3, 0.4) is 0 Å². The van der Waals surface area contributed by atoms with Crippen LogP contribution >= 0.6 is 11.3 Å². The molecule has 28 heavy (non-hydrogen) atoms. The minimum Gasteiger partial charge on any atom is -0.488 e. The zero-order chi connectivity index (χ0) is 19.5. The predicted molar refractivity (Wildman–Crippen MR) is 109 cm³/mol. The van der Waals surface area contributed by atoms with Crippen molar-refractivity contribution >= 4 is 21.6 Å². The van der Waals surface area contributed by atoms with E-state index in [0.29, 0.717) is 22.5 Å². The predicted octanol–water partition coefficient (Wildman–Crippen LogP) is 3.05. The maximum atomic E-state index is 12.8. The van der Waals surface area contributed by atoms with Crippen molar-refractivity contribution in [2.75, 3.05) is 6.61 Å². The summed E-state index contributed by atoms with van der Waals surface area (Å²) >= 11 is 1.43. The van der Waals surface area contributed by atoms with Gasteiger partial charge < -0.3 is 9.72 Å². The minimum atomic E-state index is -0.240. The molecule has 0 bridgehead atoms. The number of rotatable bonds is 6. The monoisotopic (exact) mass is 394 g/mol. The highest BCUT2D eigenvalue weighted by atomic mass is 32.1. The summed E-state index contributed by atoms with van der Waals surface area (Å²) < 4.78 is 6.63. The van der Waals surface area contributed by atoms with Gasteiger partial charge in [-0.1, -0.05) is 42.5 Å². The number of fused-ring (bicyclic) bond motifs is 1. The molecule has 0 amide bonds. The molecule has 142 valence electrons. The quantitative estimate of drug-likeness (QED) is 0.543. The zero-order valence-corrected chi connectivity index (χ0v) is 16.0. The van der Waals surface area contributed by atoms with Gasteiger partial charge in [-0.25, -0.2) is 4.68 Å². The van der Waals surface area contributed by atoms with Crippen molar-refractivity contribution in [1.29, 1.82) is 0 Å². The van der Waals surface area contributed by atoms with Crippen LogP contribution in [0.1, 0.15) is 19.0 Å². The smallest absolute Gasteiger partial charge is 0.278 e. The third kappa shape index (κ3) is 3.59. The van der Waals surface area contributed by atoms with Crippen LogP contribution in [0.4, 0.5) is 0 Å². The highest BCUT2D eigenvalue weighted by molar-refractivity contribution is 7.21. The molecule has 3 heterocycles. The summed E-state index contributed by atoms with van der Waals surface area (Å²) in [5, 5.41) is 8.72. The van der Waals surface area contributed by atoms with Crippen molar-refractivity contribution in [1.82, 2.24) is 20.0 Å². The van der Waals surface area contributed by atoms with Gasteiger partial charge >= 0.3 is 0 Å². The van der Waals surface area contributed by atoms with Crippen molar-refractivity contribution in [3.63, 3.8) is 0 Å². The van der Waals surface area contributed by atoms with Crippen LogP contribution < -0.4 is 15.7 Å². The van der Waals surface area contributed by atoms with Crippen LogP contribution in [0.25, 0.3) is 20.7 Å². The first-order chi connectivity index (χ1) is 13.7. The van der Waals surface area contributed by atoms with E-state index in [1.165, 1.54) is 28.3 Å². The van der Waals surface area contributed by atoms with Crippen LogP contribution in [-0.2, 0) is 6.54 Å². The first kappa shape index (κ1) is 18.1. The molecule has 0 radical (unpaired) electrons. The van der Waals surface area contributed by atoms with Crippen LogP contribution in [0.5, 0.6) is 5.75 Å². The Morgan fingerprint density at radius 1 is 1.18 bits per heavy atom. The standard InChI is InChI=1S/C20H18N4O3S/c1-2-8-27-17-11-21-14(9-16(17)25)12-24-20(26)15-10-18(28-19(15)22-23-24)13-6-4-3-5-7-13/h3-7,9-11H,2,8,12H2,1H3,(H,21,25). The maximum absolute atomic E-state index is 12.8. The number of aromatic nitrogens is 4. The molecule has 0 saturated heterocycles. The van der Waals surface area contributed by atoms with Gasteiger partial charge in [-0.3, -0.25) is 9.59 Å². The zero-order valence-electron chi connectivity index (χ0n) is 15.2. The summed E-state index contributed by atoms with van der Waals surface area (Å²) in [6.45, 7) is 2.57. The highest BCUT2D eigenvalue weighted by Gasteiger charge is 2.12. The van der Waals surface area contributed by atoms with Crippen molar-refractivity contribution < 1.29 is 4.74 Å². The van der Waals surface area contributed by atoms with E-state index in [1.54, 1.807) is 0 Å². The van der Waals surface area contributed by atoms with Crippen LogP contribution in [0, 0.1) is 0 Å². The van der Waals surface area contributed by atoms with E-state index in [9.17, 15) is 9.59 Å². The Labute approximate surface area is 164 Å². The lowest BCUT2D eigenvalue weighted by Crippen LogP contribution is -2.25. The first-order valence-electron chi connectivity index (χ1n) is 8.93. The summed E-state index contributed by atoms with van der Waals surface area (Å²) in [5.41, 5.74) is 1.12. The molecule has 0 atom stereocenters. The lowest BCUT2D eigenvalue weighted by Gasteiger charge is -2.06. The first-order valence-corrected chi connectivity index (χ1v) is 9.74. The number of nitrogens with zero attached hydrogens (tertiary/aromatic N) is 3. The van der Waals surface area contributed by atoms with Crippen molar-refractivity contribution in [2.24, 2.45) is 0 Å². The maximum Gasteiger partial charge on any atom is 0.278 e. The van der Waals surface area contributed by atoms with Crippen molar-refractivity contribution in [2.45, 2.75) is 19.9 Å². The average molecular weight is 394 g/mol. The van der Waals surface area contributed by atoms with E-state index >= 15 is 0 Å². The number of H-pyrrole nitrogens is 1. The topological polar surface area (TPSA) is 89.9 Å². The summed E-state index contributed by atoms with van der Waals surface area (Å²) in [6.07, 6.45) is 2.33. The van der Waals surface area contributed by atoms with Crippen molar-refractivity contribution in [3.8, 4) is 16.2 Å². The van der Waals surface area contributed by atoms with Gasteiger partial charge in [0.15, 0.2) is 10.6 Å². The fourth-order valence-electron chi connectivity index (χ4n) is 2.81. The molecule has 0 saturated carbocycles. The van der Waals surface area contributed by atoms with Gasteiger partial charge in [0.2, 0.25) is 5.43 Å². The number of hydrogen-bond acceptors (Lipinski definition) is 6. The van der Waals surface area contributed by atoms with E-state index in [0.717, 1.165) is 16.9 Å². The molecule has 4 rings (SSSR count). The molecule has 3 aromatic heterocycles. The molecule has 0 aliphatic rings. The third-order valence-corrected chi connectivity index (χ3v) is 5.27. The van der Waals surface area contributed by atoms with E-state index in [1.807, 2.05) is 43.3 Å². The van der Waals surface area contributed by atoms with Gasteiger partial charge in [-0.15, -0.1) is 16.4 Å². The van der Waals surface area contributed by atoms with Crippen LogP contribution in [-0.4, -0.2) is 26.6 Å².